The van der Waals surface area contributed by atoms with Crippen molar-refractivity contribution >= 4 is 29.2 Å². The minimum absolute atomic E-state index is 0.371. The van der Waals surface area contributed by atoms with Crippen molar-refractivity contribution in [3.63, 3.8) is 0 Å². The molecule has 0 aromatic heterocycles. The number of halogens is 1. The van der Waals surface area contributed by atoms with Crippen LogP contribution in [-0.4, -0.2) is 5.97 Å². The summed E-state index contributed by atoms with van der Waals surface area (Å²) in [6.07, 6.45) is 1.74. The second-order valence-electron chi connectivity index (χ2n) is 7.43. The zero-order chi connectivity index (χ0) is 23.0. The van der Waals surface area contributed by atoms with Crippen LogP contribution >= 0.6 is 11.6 Å². The van der Waals surface area contributed by atoms with Crippen molar-refractivity contribution in [1.29, 1.82) is 5.26 Å². The molecule has 0 unspecified atom stereocenters. The Hall–Kier alpha value is -4.13. The first-order valence-corrected chi connectivity index (χ1v) is 10.8. The molecule has 0 saturated carbocycles. The molecule has 0 amide bonds. The van der Waals surface area contributed by atoms with E-state index in [-0.39, 0.29) is 5.97 Å². The fourth-order valence-electron chi connectivity index (χ4n) is 3.60. The Bertz CT molecular complexity index is 1290. The molecule has 0 saturated heterocycles. The van der Waals surface area contributed by atoms with Gasteiger partial charge < -0.3 is 4.74 Å². The van der Waals surface area contributed by atoms with Crippen molar-refractivity contribution in [3.05, 3.63) is 136 Å². The molecule has 0 N–H and O–H groups in total. The van der Waals surface area contributed by atoms with Crippen molar-refractivity contribution in [3.8, 4) is 11.8 Å². The first kappa shape index (κ1) is 22.1. The number of esters is 1. The van der Waals surface area contributed by atoms with Crippen LogP contribution in [0.4, 0.5) is 0 Å². The maximum atomic E-state index is 13.3. The van der Waals surface area contributed by atoms with E-state index in [1.165, 1.54) is 0 Å². The zero-order valence-corrected chi connectivity index (χ0v) is 18.4. The third-order valence-corrected chi connectivity index (χ3v) is 5.38. The summed E-state index contributed by atoms with van der Waals surface area (Å²) in [5.74, 6) is -0.509. The van der Waals surface area contributed by atoms with Crippen molar-refractivity contribution < 1.29 is 9.53 Å². The van der Waals surface area contributed by atoms with Gasteiger partial charge in [0.1, 0.15) is 11.7 Å². The van der Waals surface area contributed by atoms with Crippen molar-refractivity contribution in [2.75, 3.05) is 0 Å². The minimum Gasteiger partial charge on any atom is -0.426 e. The SMILES string of the molecule is N#C/C(=C/c1cccc(OC(=O)C(c2ccccc2)c2ccccc2)c1)c1cccc(Cl)c1. The van der Waals surface area contributed by atoms with Crippen LogP contribution in [-0.2, 0) is 4.79 Å². The Morgan fingerprint density at radius 3 is 2.06 bits per heavy atom. The summed E-state index contributed by atoms with van der Waals surface area (Å²) in [4.78, 5) is 13.3. The highest BCUT2D eigenvalue weighted by molar-refractivity contribution is 6.30. The van der Waals surface area contributed by atoms with Gasteiger partial charge in [-0.05, 0) is 52.6 Å². The van der Waals surface area contributed by atoms with Gasteiger partial charge in [-0.15, -0.1) is 0 Å². The van der Waals surface area contributed by atoms with Crippen LogP contribution in [0, 0.1) is 11.3 Å². The van der Waals surface area contributed by atoms with Gasteiger partial charge in [0.2, 0.25) is 0 Å². The predicted molar refractivity (Wildman–Crippen MR) is 132 cm³/mol. The number of hydrogen-bond acceptors (Lipinski definition) is 3. The number of ether oxygens (including phenoxy) is 1. The summed E-state index contributed by atoms with van der Waals surface area (Å²) in [6, 6.07) is 35.6. The van der Waals surface area contributed by atoms with Gasteiger partial charge >= 0.3 is 5.97 Å². The topological polar surface area (TPSA) is 50.1 Å². The normalized spacial score (nSPS) is 11.1. The van der Waals surface area contributed by atoms with E-state index in [1.807, 2.05) is 72.8 Å². The monoisotopic (exact) mass is 449 g/mol. The lowest BCUT2D eigenvalue weighted by atomic mass is 9.91. The van der Waals surface area contributed by atoms with E-state index in [2.05, 4.69) is 6.07 Å². The highest BCUT2D eigenvalue weighted by atomic mass is 35.5. The van der Waals surface area contributed by atoms with Crippen molar-refractivity contribution in [2.24, 2.45) is 0 Å². The van der Waals surface area contributed by atoms with E-state index in [0.717, 1.165) is 22.3 Å². The lowest BCUT2D eigenvalue weighted by molar-refractivity contribution is -0.135. The molecule has 4 heteroatoms. The van der Waals surface area contributed by atoms with Crippen LogP contribution in [0.5, 0.6) is 5.75 Å². The van der Waals surface area contributed by atoms with E-state index in [1.54, 1.807) is 42.5 Å². The molecular weight excluding hydrogens is 430 g/mol. The first-order chi connectivity index (χ1) is 16.1. The quantitative estimate of drug-likeness (QED) is 0.136. The van der Waals surface area contributed by atoms with Gasteiger partial charge in [-0.3, -0.25) is 4.79 Å². The highest BCUT2D eigenvalue weighted by Gasteiger charge is 2.24. The van der Waals surface area contributed by atoms with Gasteiger partial charge in [0, 0.05) is 5.02 Å². The van der Waals surface area contributed by atoms with Gasteiger partial charge in [0.25, 0.3) is 0 Å². The lowest BCUT2D eigenvalue weighted by Gasteiger charge is -2.17. The Kier molecular flexibility index (Phi) is 6.99. The summed E-state index contributed by atoms with van der Waals surface area (Å²) in [6.45, 7) is 0. The molecule has 0 radical (unpaired) electrons. The van der Waals surface area contributed by atoms with E-state index >= 15 is 0 Å². The maximum absolute atomic E-state index is 13.3. The fourth-order valence-corrected chi connectivity index (χ4v) is 3.79. The smallest absolute Gasteiger partial charge is 0.323 e. The van der Waals surface area contributed by atoms with Crippen LogP contribution in [0.15, 0.2) is 109 Å². The molecule has 0 aliphatic heterocycles. The van der Waals surface area contributed by atoms with E-state index < -0.39 is 5.92 Å². The molecule has 0 atom stereocenters. The van der Waals surface area contributed by atoms with Crippen molar-refractivity contribution in [2.45, 2.75) is 5.92 Å². The summed E-state index contributed by atoms with van der Waals surface area (Å²) in [5.41, 5.74) is 3.65. The number of rotatable bonds is 6. The number of benzene rings is 4. The minimum atomic E-state index is -0.548. The van der Waals surface area contributed by atoms with Crippen LogP contribution in [0.1, 0.15) is 28.2 Å². The average Bonchev–Trinajstić information content (AvgIpc) is 2.84. The molecule has 4 aromatic carbocycles. The van der Waals surface area contributed by atoms with E-state index in [0.29, 0.717) is 16.3 Å². The second-order valence-corrected chi connectivity index (χ2v) is 7.86. The van der Waals surface area contributed by atoms with E-state index in [9.17, 15) is 10.1 Å². The first-order valence-electron chi connectivity index (χ1n) is 10.4. The molecule has 4 aromatic rings. The van der Waals surface area contributed by atoms with Crippen LogP contribution in [0.25, 0.3) is 11.6 Å². The fraction of sp³-hybridized carbons (Fsp3) is 0.0345. The lowest BCUT2D eigenvalue weighted by Crippen LogP contribution is -2.20. The summed E-state index contributed by atoms with van der Waals surface area (Å²) in [5, 5.41) is 10.2. The molecular formula is C29H20ClNO2. The molecule has 160 valence electrons. The zero-order valence-electron chi connectivity index (χ0n) is 17.7. The third kappa shape index (κ3) is 5.57. The Morgan fingerprint density at radius 1 is 0.818 bits per heavy atom. The van der Waals surface area contributed by atoms with Crippen LogP contribution < -0.4 is 4.74 Å². The number of nitrogens with zero attached hydrogens (tertiary/aromatic N) is 1. The third-order valence-electron chi connectivity index (χ3n) is 5.15. The Labute approximate surface area is 198 Å². The molecule has 3 nitrogen and oxygen atoms in total. The maximum Gasteiger partial charge on any atom is 0.323 e. The summed E-state index contributed by atoms with van der Waals surface area (Å²) >= 11 is 6.07. The molecule has 0 heterocycles. The largest absolute Gasteiger partial charge is 0.426 e. The molecule has 0 bridgehead atoms. The van der Waals surface area contributed by atoms with E-state index in [4.69, 9.17) is 16.3 Å². The number of carbonyl (C=O) groups excluding carboxylic acids is 1. The molecule has 0 fully saturated rings. The van der Waals surface area contributed by atoms with Gasteiger partial charge in [0.15, 0.2) is 0 Å². The van der Waals surface area contributed by atoms with Gasteiger partial charge in [-0.2, -0.15) is 5.26 Å². The number of carbonyl (C=O) groups is 1. The highest BCUT2D eigenvalue weighted by Crippen LogP contribution is 2.28. The number of nitriles is 1. The average molecular weight is 450 g/mol. The number of allylic oxidation sites excluding steroid dienone is 1. The van der Waals surface area contributed by atoms with Gasteiger partial charge in [-0.25, -0.2) is 0 Å². The second kappa shape index (κ2) is 10.5. The molecule has 0 aliphatic rings. The molecule has 4 rings (SSSR count). The molecule has 33 heavy (non-hydrogen) atoms. The summed E-state index contributed by atoms with van der Waals surface area (Å²) < 4.78 is 5.79. The Morgan fingerprint density at radius 2 is 1.45 bits per heavy atom. The van der Waals surface area contributed by atoms with Crippen molar-refractivity contribution in [1.82, 2.24) is 0 Å². The summed E-state index contributed by atoms with van der Waals surface area (Å²) in [7, 11) is 0. The van der Waals surface area contributed by atoms with Crippen LogP contribution in [0.3, 0.4) is 0 Å². The molecule has 0 spiro atoms. The van der Waals surface area contributed by atoms with Gasteiger partial charge in [0.05, 0.1) is 11.6 Å². The number of hydrogen-bond donors (Lipinski definition) is 0. The predicted octanol–water partition coefficient (Wildman–Crippen LogP) is 7.14. The van der Waals surface area contributed by atoms with Gasteiger partial charge in [-0.1, -0.05) is 96.5 Å². The Balaban J connectivity index is 1.62. The van der Waals surface area contributed by atoms with Crippen LogP contribution in [0.2, 0.25) is 5.02 Å². The molecule has 0 aliphatic carbocycles. The standard InChI is InChI=1S/C29H20ClNO2/c30-26-15-8-14-24(19-26)25(20-31)17-21-9-7-16-27(18-21)33-29(32)28(22-10-3-1-4-11-22)23-12-5-2-6-13-23/h1-19,28H/b25-17-.